The highest BCUT2D eigenvalue weighted by Crippen LogP contribution is 2.21. The van der Waals surface area contributed by atoms with Crippen LogP contribution in [0.2, 0.25) is 5.15 Å². The van der Waals surface area contributed by atoms with E-state index in [1.807, 2.05) is 6.07 Å². The second-order valence-corrected chi connectivity index (χ2v) is 7.99. The van der Waals surface area contributed by atoms with Crippen LogP contribution in [0.1, 0.15) is 10.4 Å². The third-order valence-electron chi connectivity index (χ3n) is 3.48. The molecule has 1 amide bonds. The van der Waals surface area contributed by atoms with E-state index in [9.17, 15) is 9.00 Å². The van der Waals surface area contributed by atoms with Gasteiger partial charge in [0.1, 0.15) is 5.15 Å². The van der Waals surface area contributed by atoms with Gasteiger partial charge < -0.3 is 0 Å². The quantitative estimate of drug-likeness (QED) is 0.650. The number of benzene rings is 1. The predicted octanol–water partition coefficient (Wildman–Crippen LogP) is 4.09. The molecule has 25 heavy (non-hydrogen) atoms. The second-order valence-electron chi connectivity index (χ2n) is 5.34. The minimum atomic E-state index is -2.82. The smallest absolute Gasteiger partial charge is 0.266 e. The van der Waals surface area contributed by atoms with Crippen molar-refractivity contribution in [1.29, 1.82) is 0 Å². The van der Waals surface area contributed by atoms with Crippen LogP contribution in [0.5, 0.6) is 0 Å². The first-order valence-electron chi connectivity index (χ1n) is 7.34. The molecule has 0 spiro atoms. The first-order chi connectivity index (χ1) is 12.0. The van der Waals surface area contributed by atoms with Crippen molar-refractivity contribution in [3.63, 3.8) is 0 Å². The maximum absolute atomic E-state index is 12.7. The SMILES string of the molecule is C[S@@](=O)(=NC(=O)c1cncc(-c2ccc(Cl)nc2)c1)c1ccccc1. The summed E-state index contributed by atoms with van der Waals surface area (Å²) in [6.07, 6.45) is 6.06. The molecule has 0 aliphatic heterocycles. The van der Waals surface area contributed by atoms with E-state index in [0.29, 0.717) is 15.6 Å². The number of hydrogen-bond donors (Lipinski definition) is 0. The largest absolute Gasteiger partial charge is 0.286 e. The first-order valence-corrected chi connectivity index (χ1v) is 9.64. The number of carbonyl (C=O) groups excluding carboxylic acids is 1. The highest BCUT2D eigenvalue weighted by molar-refractivity contribution is 7.93. The molecular weight excluding hydrogens is 358 g/mol. The Labute approximate surface area is 150 Å². The number of aromatic nitrogens is 2. The number of carbonyl (C=O) groups is 1. The number of amides is 1. The number of nitrogens with zero attached hydrogens (tertiary/aromatic N) is 3. The van der Waals surface area contributed by atoms with Gasteiger partial charge in [-0.15, -0.1) is 0 Å². The third kappa shape index (κ3) is 4.10. The fraction of sp³-hybridized carbons (Fsp3) is 0.0556. The third-order valence-corrected chi connectivity index (χ3v) is 5.37. The molecular formula is C18H14ClN3O2S. The van der Waals surface area contributed by atoms with Crippen molar-refractivity contribution in [2.45, 2.75) is 4.90 Å². The fourth-order valence-electron chi connectivity index (χ4n) is 2.20. The van der Waals surface area contributed by atoms with Crippen molar-refractivity contribution >= 4 is 27.2 Å². The molecule has 0 aliphatic carbocycles. The van der Waals surface area contributed by atoms with E-state index < -0.39 is 15.6 Å². The summed E-state index contributed by atoms with van der Waals surface area (Å²) in [4.78, 5) is 21.0. The average Bonchev–Trinajstić information content (AvgIpc) is 2.63. The van der Waals surface area contributed by atoms with Gasteiger partial charge >= 0.3 is 0 Å². The molecule has 2 aromatic heterocycles. The molecule has 0 aliphatic rings. The Balaban J connectivity index is 1.96. The van der Waals surface area contributed by atoms with Gasteiger partial charge in [0, 0.05) is 40.9 Å². The highest BCUT2D eigenvalue weighted by Gasteiger charge is 2.12. The lowest BCUT2D eigenvalue weighted by atomic mass is 10.1. The summed E-state index contributed by atoms with van der Waals surface area (Å²) in [5.74, 6) is -0.576. The molecule has 0 saturated carbocycles. The van der Waals surface area contributed by atoms with Crippen molar-refractivity contribution in [3.8, 4) is 11.1 Å². The Morgan fingerprint density at radius 2 is 1.80 bits per heavy atom. The van der Waals surface area contributed by atoms with Crippen LogP contribution < -0.4 is 0 Å². The van der Waals surface area contributed by atoms with Crippen molar-refractivity contribution in [1.82, 2.24) is 9.97 Å². The number of rotatable bonds is 3. The molecule has 0 fully saturated rings. The lowest BCUT2D eigenvalue weighted by Crippen LogP contribution is -2.04. The van der Waals surface area contributed by atoms with Crippen molar-refractivity contribution < 1.29 is 9.00 Å². The fourth-order valence-corrected chi connectivity index (χ4v) is 3.50. The Hall–Kier alpha value is -2.57. The van der Waals surface area contributed by atoms with Crippen molar-refractivity contribution in [2.24, 2.45) is 4.36 Å². The van der Waals surface area contributed by atoms with E-state index >= 15 is 0 Å². The highest BCUT2D eigenvalue weighted by atomic mass is 35.5. The summed E-state index contributed by atoms with van der Waals surface area (Å²) in [5, 5.41) is 0.382. The zero-order chi connectivity index (χ0) is 17.9. The summed E-state index contributed by atoms with van der Waals surface area (Å²) in [7, 11) is -2.82. The number of halogens is 1. The van der Waals surface area contributed by atoms with Gasteiger partial charge in [0.15, 0.2) is 0 Å². The number of hydrogen-bond acceptors (Lipinski definition) is 4. The van der Waals surface area contributed by atoms with Crippen LogP contribution in [0.3, 0.4) is 0 Å². The first kappa shape index (κ1) is 17.3. The Morgan fingerprint density at radius 3 is 2.48 bits per heavy atom. The molecule has 1 atom stereocenters. The summed E-state index contributed by atoms with van der Waals surface area (Å²) < 4.78 is 16.6. The topological polar surface area (TPSA) is 72.3 Å². The lowest BCUT2D eigenvalue weighted by molar-refractivity contribution is 0.100. The maximum atomic E-state index is 12.7. The Bertz CT molecular complexity index is 1030. The molecule has 0 N–H and O–H groups in total. The van der Waals surface area contributed by atoms with E-state index in [1.54, 1.807) is 54.9 Å². The van der Waals surface area contributed by atoms with Crippen LogP contribution in [0, 0.1) is 0 Å². The number of pyridine rings is 2. The van der Waals surface area contributed by atoms with Crippen molar-refractivity contribution in [3.05, 3.63) is 77.8 Å². The molecule has 7 heteroatoms. The van der Waals surface area contributed by atoms with Gasteiger partial charge in [0.05, 0.1) is 15.3 Å². The minimum Gasteiger partial charge on any atom is -0.266 e. The van der Waals surface area contributed by atoms with Gasteiger partial charge in [-0.3, -0.25) is 9.78 Å². The van der Waals surface area contributed by atoms with Crippen LogP contribution in [0.4, 0.5) is 0 Å². The van der Waals surface area contributed by atoms with E-state index in [-0.39, 0.29) is 5.56 Å². The zero-order valence-corrected chi connectivity index (χ0v) is 14.9. The molecule has 5 nitrogen and oxygen atoms in total. The van der Waals surface area contributed by atoms with Crippen LogP contribution in [0.25, 0.3) is 11.1 Å². The summed E-state index contributed by atoms with van der Waals surface area (Å²) in [6, 6.07) is 13.8. The molecule has 0 saturated heterocycles. The minimum absolute atomic E-state index is 0.262. The molecule has 0 radical (unpaired) electrons. The van der Waals surface area contributed by atoms with Gasteiger partial charge in [-0.05, 0) is 30.3 Å². The van der Waals surface area contributed by atoms with E-state index in [2.05, 4.69) is 14.3 Å². The van der Waals surface area contributed by atoms with Crippen LogP contribution >= 0.6 is 11.6 Å². The summed E-state index contributed by atoms with van der Waals surface area (Å²) >= 11 is 5.78. The summed E-state index contributed by atoms with van der Waals surface area (Å²) in [6.45, 7) is 0. The molecule has 1 aromatic carbocycles. The lowest BCUT2D eigenvalue weighted by Gasteiger charge is -2.05. The van der Waals surface area contributed by atoms with Crippen LogP contribution in [-0.2, 0) is 9.73 Å². The van der Waals surface area contributed by atoms with Gasteiger partial charge in [-0.2, -0.15) is 4.36 Å². The average molecular weight is 372 g/mol. The molecule has 2 heterocycles. The molecule has 3 rings (SSSR count). The van der Waals surface area contributed by atoms with E-state index in [0.717, 1.165) is 5.56 Å². The Morgan fingerprint density at radius 1 is 1.04 bits per heavy atom. The molecule has 0 bridgehead atoms. The zero-order valence-electron chi connectivity index (χ0n) is 13.3. The standard InChI is InChI=1S/C18H14ClN3O2S/c1-25(24,16-5-3-2-4-6-16)22-18(23)15-9-14(10-20-11-15)13-7-8-17(19)21-12-13/h2-12H,1H3/t25-/m0/s1. The second kappa shape index (κ2) is 7.13. The van der Waals surface area contributed by atoms with E-state index in [1.165, 1.54) is 12.5 Å². The van der Waals surface area contributed by atoms with E-state index in [4.69, 9.17) is 11.6 Å². The van der Waals surface area contributed by atoms with Gasteiger partial charge in [-0.25, -0.2) is 9.19 Å². The normalized spacial score (nSPS) is 13.0. The van der Waals surface area contributed by atoms with Crippen molar-refractivity contribution in [2.75, 3.05) is 6.26 Å². The van der Waals surface area contributed by atoms with Crippen LogP contribution in [-0.4, -0.2) is 26.3 Å². The molecule has 0 unspecified atom stereocenters. The van der Waals surface area contributed by atoms with Gasteiger partial charge in [-0.1, -0.05) is 29.8 Å². The van der Waals surface area contributed by atoms with Gasteiger partial charge in [0.2, 0.25) is 0 Å². The maximum Gasteiger partial charge on any atom is 0.286 e. The van der Waals surface area contributed by atoms with Crippen LogP contribution in [0.15, 0.2) is 76.4 Å². The Kier molecular flexibility index (Phi) is 4.92. The van der Waals surface area contributed by atoms with Gasteiger partial charge in [0.25, 0.3) is 5.91 Å². The molecule has 126 valence electrons. The summed E-state index contributed by atoms with van der Waals surface area (Å²) in [5.41, 5.74) is 1.73. The monoisotopic (exact) mass is 371 g/mol. The predicted molar refractivity (Wildman–Crippen MR) is 98.0 cm³/mol. The molecule has 3 aromatic rings.